The minimum Gasteiger partial charge on any atom is -0.360 e. The molecule has 0 atom stereocenters. The molecule has 2 heterocycles. The molecule has 0 saturated carbocycles. The maximum atomic E-state index is 12.1. The Morgan fingerprint density at radius 2 is 2.05 bits per heavy atom. The van der Waals surface area contributed by atoms with E-state index in [-0.39, 0.29) is 17.7 Å². The second-order valence-electron chi connectivity index (χ2n) is 4.55. The van der Waals surface area contributed by atoms with E-state index in [1.807, 2.05) is 13.8 Å². The molecule has 0 radical (unpaired) electrons. The number of carbonyl (C=O) groups is 1. The number of nitrogens with zero attached hydrogens (tertiary/aromatic N) is 3. The van der Waals surface area contributed by atoms with Gasteiger partial charge in [-0.3, -0.25) is 4.79 Å². The van der Waals surface area contributed by atoms with E-state index in [9.17, 15) is 4.79 Å². The normalized spacial score (nSPS) is 10.9. The van der Waals surface area contributed by atoms with Gasteiger partial charge in [0.1, 0.15) is 10.6 Å². The third-order valence-electron chi connectivity index (χ3n) is 3.29. The van der Waals surface area contributed by atoms with Crippen molar-refractivity contribution in [2.45, 2.75) is 27.2 Å². The van der Waals surface area contributed by atoms with Crippen molar-refractivity contribution in [1.82, 2.24) is 14.9 Å². The number of nitrogens with one attached hydrogen (secondary N) is 1. The van der Waals surface area contributed by atoms with Crippen molar-refractivity contribution in [3.05, 3.63) is 16.2 Å². The van der Waals surface area contributed by atoms with E-state index in [1.165, 1.54) is 4.88 Å². The minimum absolute atomic E-state index is 0.0498. The molecule has 2 aromatic heterocycles. The highest BCUT2D eigenvalue weighted by molar-refractivity contribution is 7.18. The largest absolute Gasteiger partial charge is 0.360 e. The lowest BCUT2D eigenvalue weighted by molar-refractivity contribution is -0.128. The van der Waals surface area contributed by atoms with Crippen molar-refractivity contribution in [3.63, 3.8) is 0 Å². The highest BCUT2D eigenvalue weighted by atomic mass is 35.5. The van der Waals surface area contributed by atoms with Crippen LogP contribution in [0.1, 0.15) is 25.6 Å². The number of amides is 1. The third kappa shape index (κ3) is 3.63. The van der Waals surface area contributed by atoms with Gasteiger partial charge in [-0.2, -0.15) is 0 Å². The van der Waals surface area contributed by atoms with Gasteiger partial charge in [0.2, 0.25) is 11.2 Å². The van der Waals surface area contributed by atoms with Gasteiger partial charge < -0.3 is 10.2 Å². The monoisotopic (exact) mass is 326 g/mol. The van der Waals surface area contributed by atoms with Crippen LogP contribution < -0.4 is 5.32 Å². The van der Waals surface area contributed by atoms with Crippen LogP contribution in [0.25, 0.3) is 10.2 Å². The van der Waals surface area contributed by atoms with E-state index in [4.69, 9.17) is 11.6 Å². The van der Waals surface area contributed by atoms with Gasteiger partial charge in [0.05, 0.1) is 11.9 Å². The van der Waals surface area contributed by atoms with Crippen molar-refractivity contribution in [1.29, 1.82) is 0 Å². The van der Waals surface area contributed by atoms with E-state index in [0.29, 0.717) is 18.9 Å². The summed E-state index contributed by atoms with van der Waals surface area (Å²) in [6.07, 6.45) is 0.941. The van der Waals surface area contributed by atoms with Gasteiger partial charge in [-0.05, 0) is 37.9 Å². The number of aryl methyl sites for hydroxylation is 1. The first kappa shape index (κ1) is 16.0. The molecule has 0 spiro atoms. The highest BCUT2D eigenvalue weighted by Gasteiger charge is 2.13. The molecule has 0 saturated heterocycles. The number of hydrogen-bond donors (Lipinski definition) is 1. The van der Waals surface area contributed by atoms with Gasteiger partial charge in [-0.25, -0.2) is 9.97 Å². The molecule has 0 aliphatic rings. The summed E-state index contributed by atoms with van der Waals surface area (Å²) in [7, 11) is 0. The number of thiophene rings is 1. The molecule has 0 aromatic carbocycles. The zero-order chi connectivity index (χ0) is 15.4. The van der Waals surface area contributed by atoms with Crippen LogP contribution in [-0.4, -0.2) is 40.4 Å². The molecule has 1 N–H and O–H groups in total. The second kappa shape index (κ2) is 7.04. The first-order chi connectivity index (χ1) is 10.1. The number of hydrogen-bond acceptors (Lipinski definition) is 5. The van der Waals surface area contributed by atoms with Gasteiger partial charge in [0.25, 0.3) is 0 Å². The maximum Gasteiger partial charge on any atom is 0.241 e. The molecule has 0 bridgehead atoms. The third-order valence-corrected chi connectivity index (χ3v) is 4.63. The van der Waals surface area contributed by atoms with Crippen molar-refractivity contribution in [2.75, 3.05) is 25.0 Å². The van der Waals surface area contributed by atoms with E-state index in [2.05, 4.69) is 28.3 Å². The molecule has 5 nitrogen and oxygen atoms in total. The number of halogens is 1. The summed E-state index contributed by atoms with van der Waals surface area (Å²) in [5, 5.41) is 4.22. The summed E-state index contributed by atoms with van der Waals surface area (Å²) in [5.74, 6) is 0.676. The SMILES string of the molecule is CCc1cc2c(NCC(=O)N(CC)CC)nc(Cl)nc2s1. The van der Waals surface area contributed by atoms with Crippen molar-refractivity contribution in [2.24, 2.45) is 0 Å². The molecule has 2 rings (SSSR count). The number of fused-ring (bicyclic) bond motifs is 1. The summed E-state index contributed by atoms with van der Waals surface area (Å²) in [5.41, 5.74) is 0. The topological polar surface area (TPSA) is 58.1 Å². The van der Waals surface area contributed by atoms with Crippen LogP contribution in [0.15, 0.2) is 6.07 Å². The number of carbonyl (C=O) groups excluding carboxylic acids is 1. The van der Waals surface area contributed by atoms with Crippen LogP contribution in [0, 0.1) is 0 Å². The van der Waals surface area contributed by atoms with Crippen molar-refractivity contribution < 1.29 is 4.79 Å². The van der Waals surface area contributed by atoms with Crippen LogP contribution in [0.4, 0.5) is 5.82 Å². The Bertz CT molecular complexity index is 639. The lowest BCUT2D eigenvalue weighted by atomic mass is 10.3. The Morgan fingerprint density at radius 1 is 1.33 bits per heavy atom. The number of likely N-dealkylation sites (N-methyl/N-ethyl adjacent to an activating group) is 1. The van der Waals surface area contributed by atoms with Crippen LogP contribution in [0.2, 0.25) is 5.28 Å². The molecule has 0 unspecified atom stereocenters. The second-order valence-corrected chi connectivity index (χ2v) is 6.00. The van der Waals surface area contributed by atoms with E-state index < -0.39 is 0 Å². The minimum atomic E-state index is 0.0498. The van der Waals surface area contributed by atoms with Gasteiger partial charge in [0.15, 0.2) is 0 Å². The number of rotatable bonds is 6. The Labute approximate surface area is 133 Å². The van der Waals surface area contributed by atoms with E-state index >= 15 is 0 Å². The quantitative estimate of drug-likeness (QED) is 0.828. The lowest BCUT2D eigenvalue weighted by Crippen LogP contribution is -2.35. The van der Waals surface area contributed by atoms with E-state index in [1.54, 1.807) is 16.2 Å². The molecule has 21 heavy (non-hydrogen) atoms. The summed E-state index contributed by atoms with van der Waals surface area (Å²) in [4.78, 5) is 24.3. The first-order valence-corrected chi connectivity index (χ1v) is 8.26. The number of anilines is 1. The molecule has 114 valence electrons. The Kier molecular flexibility index (Phi) is 5.36. The summed E-state index contributed by atoms with van der Waals surface area (Å²) < 4.78 is 0. The molecule has 7 heteroatoms. The van der Waals surface area contributed by atoms with Crippen LogP contribution in [0.3, 0.4) is 0 Å². The Balaban J connectivity index is 2.21. The van der Waals surface area contributed by atoms with Crippen LogP contribution in [0.5, 0.6) is 0 Å². The smallest absolute Gasteiger partial charge is 0.241 e. The molecular weight excluding hydrogens is 308 g/mol. The van der Waals surface area contributed by atoms with Gasteiger partial charge >= 0.3 is 0 Å². The Hall–Kier alpha value is -1.40. The van der Waals surface area contributed by atoms with Crippen LogP contribution in [-0.2, 0) is 11.2 Å². The average molecular weight is 327 g/mol. The van der Waals surface area contributed by atoms with Crippen LogP contribution >= 0.6 is 22.9 Å². The molecule has 0 aliphatic carbocycles. The van der Waals surface area contributed by atoms with Crippen molar-refractivity contribution >= 4 is 44.9 Å². The molecule has 1 amide bonds. The molecular formula is C14H19ClN4OS. The summed E-state index contributed by atoms with van der Waals surface area (Å²) in [6, 6.07) is 2.06. The summed E-state index contributed by atoms with van der Waals surface area (Å²) in [6.45, 7) is 7.64. The fourth-order valence-electron chi connectivity index (χ4n) is 2.10. The van der Waals surface area contributed by atoms with Gasteiger partial charge in [-0.1, -0.05) is 6.92 Å². The summed E-state index contributed by atoms with van der Waals surface area (Å²) >= 11 is 7.56. The first-order valence-electron chi connectivity index (χ1n) is 7.06. The lowest BCUT2D eigenvalue weighted by Gasteiger charge is -2.19. The maximum absolute atomic E-state index is 12.1. The van der Waals surface area contributed by atoms with E-state index in [0.717, 1.165) is 16.6 Å². The standard InChI is InChI=1S/C14H19ClN4OS/c1-4-9-7-10-12(17-14(15)18-13(10)21-9)16-8-11(20)19(5-2)6-3/h7H,4-6,8H2,1-3H3,(H,16,17,18). The highest BCUT2D eigenvalue weighted by Crippen LogP contribution is 2.30. The molecule has 0 aliphatic heterocycles. The zero-order valence-corrected chi connectivity index (χ0v) is 14.0. The predicted molar refractivity (Wildman–Crippen MR) is 88.2 cm³/mol. The Morgan fingerprint density at radius 3 is 2.67 bits per heavy atom. The number of aromatic nitrogens is 2. The fraction of sp³-hybridized carbons (Fsp3) is 0.500. The van der Waals surface area contributed by atoms with Crippen molar-refractivity contribution in [3.8, 4) is 0 Å². The van der Waals surface area contributed by atoms with Gasteiger partial charge in [-0.15, -0.1) is 11.3 Å². The average Bonchev–Trinajstić information content (AvgIpc) is 2.88. The predicted octanol–water partition coefficient (Wildman–Crippen LogP) is 3.19. The molecule has 0 fully saturated rings. The van der Waals surface area contributed by atoms with Gasteiger partial charge in [0, 0.05) is 18.0 Å². The zero-order valence-electron chi connectivity index (χ0n) is 12.4. The fourth-order valence-corrected chi connectivity index (χ4v) is 3.29. The molecule has 2 aromatic rings.